The molecule has 0 amide bonds. The fourth-order valence-corrected chi connectivity index (χ4v) is 1.68. The molecule has 80 valence electrons. The van der Waals surface area contributed by atoms with E-state index in [1.165, 1.54) is 0 Å². The molecule has 4 heteroatoms. The van der Waals surface area contributed by atoms with E-state index in [4.69, 9.17) is 9.68 Å². The quantitative estimate of drug-likeness (QED) is 0.795. The average Bonchev–Trinajstić information content (AvgIpc) is 2.83. The van der Waals surface area contributed by atoms with E-state index in [9.17, 15) is 0 Å². The lowest BCUT2D eigenvalue weighted by Crippen LogP contribution is -2.23. The summed E-state index contributed by atoms with van der Waals surface area (Å²) >= 11 is 0. The van der Waals surface area contributed by atoms with E-state index in [-0.39, 0.29) is 5.41 Å². The molecule has 1 aromatic heterocycles. The van der Waals surface area contributed by atoms with Crippen LogP contribution in [0.3, 0.4) is 0 Å². The highest BCUT2D eigenvalue weighted by Crippen LogP contribution is 2.47. The molecule has 0 bridgehead atoms. The van der Waals surface area contributed by atoms with Gasteiger partial charge < -0.3 is 9.73 Å². The van der Waals surface area contributed by atoms with Gasteiger partial charge in [0.05, 0.1) is 18.8 Å². The van der Waals surface area contributed by atoms with Gasteiger partial charge in [0, 0.05) is 13.0 Å². The van der Waals surface area contributed by atoms with Gasteiger partial charge in [-0.2, -0.15) is 5.26 Å². The first-order valence-corrected chi connectivity index (χ1v) is 5.23. The van der Waals surface area contributed by atoms with Crippen molar-refractivity contribution in [1.29, 1.82) is 5.26 Å². The normalized spacial score (nSPS) is 17.3. The van der Waals surface area contributed by atoms with Crippen LogP contribution >= 0.6 is 0 Å². The summed E-state index contributed by atoms with van der Waals surface area (Å²) in [5, 5.41) is 11.9. The van der Waals surface area contributed by atoms with Crippen molar-refractivity contribution in [2.45, 2.75) is 32.7 Å². The van der Waals surface area contributed by atoms with Crippen molar-refractivity contribution in [3.05, 3.63) is 17.8 Å². The molecule has 1 saturated carbocycles. The average molecular weight is 205 g/mol. The number of hydrogen-bond donors (Lipinski definition) is 1. The lowest BCUT2D eigenvalue weighted by Gasteiger charge is -2.10. The number of oxazole rings is 1. The fourth-order valence-electron chi connectivity index (χ4n) is 1.68. The highest BCUT2D eigenvalue weighted by molar-refractivity contribution is 5.01. The minimum Gasteiger partial charge on any atom is -0.445 e. The first-order chi connectivity index (χ1) is 7.24. The van der Waals surface area contributed by atoms with Gasteiger partial charge in [-0.3, -0.25) is 0 Å². The molecule has 15 heavy (non-hydrogen) atoms. The monoisotopic (exact) mass is 205 g/mol. The van der Waals surface area contributed by atoms with Crippen LogP contribution in [0.2, 0.25) is 0 Å². The minimum atomic E-state index is 0.246. The van der Waals surface area contributed by atoms with E-state index in [1.807, 2.05) is 6.92 Å². The molecular weight excluding hydrogens is 190 g/mol. The van der Waals surface area contributed by atoms with Gasteiger partial charge in [0.15, 0.2) is 0 Å². The van der Waals surface area contributed by atoms with Crippen molar-refractivity contribution >= 4 is 0 Å². The Bertz CT molecular complexity index is 373. The maximum absolute atomic E-state index is 8.65. The molecule has 1 N–H and O–H groups in total. The van der Waals surface area contributed by atoms with Crippen LogP contribution in [-0.4, -0.2) is 11.5 Å². The van der Waals surface area contributed by atoms with Crippen molar-refractivity contribution in [3.63, 3.8) is 0 Å². The first-order valence-electron chi connectivity index (χ1n) is 5.23. The minimum absolute atomic E-state index is 0.246. The van der Waals surface area contributed by atoms with Crippen LogP contribution in [0.15, 0.2) is 10.6 Å². The SMILES string of the molecule is Cc1cnc(CNCC2(CC#N)CC2)o1. The molecule has 1 aliphatic rings. The number of aryl methyl sites for hydroxylation is 1. The van der Waals surface area contributed by atoms with Crippen molar-refractivity contribution in [1.82, 2.24) is 10.3 Å². The highest BCUT2D eigenvalue weighted by atomic mass is 16.4. The number of nitrogens with one attached hydrogen (secondary N) is 1. The summed E-state index contributed by atoms with van der Waals surface area (Å²) in [6.45, 7) is 3.43. The smallest absolute Gasteiger partial charge is 0.208 e. The predicted octanol–water partition coefficient (Wildman–Crippen LogP) is 1.77. The third-order valence-corrected chi connectivity index (χ3v) is 2.86. The van der Waals surface area contributed by atoms with Crippen molar-refractivity contribution in [2.24, 2.45) is 5.41 Å². The van der Waals surface area contributed by atoms with Gasteiger partial charge in [0.1, 0.15) is 5.76 Å². The molecule has 0 aromatic carbocycles. The molecule has 0 radical (unpaired) electrons. The third kappa shape index (κ3) is 2.57. The maximum atomic E-state index is 8.65. The first kappa shape index (κ1) is 10.2. The molecule has 1 fully saturated rings. The predicted molar refractivity (Wildman–Crippen MR) is 54.8 cm³/mol. The van der Waals surface area contributed by atoms with E-state index < -0.39 is 0 Å². The molecule has 1 aromatic rings. The van der Waals surface area contributed by atoms with Crippen LogP contribution in [-0.2, 0) is 6.54 Å². The molecule has 0 aliphatic heterocycles. The molecule has 0 unspecified atom stereocenters. The number of aromatic nitrogens is 1. The summed E-state index contributed by atoms with van der Waals surface area (Å²) in [6.07, 6.45) is 4.71. The van der Waals surface area contributed by atoms with E-state index in [0.29, 0.717) is 13.0 Å². The van der Waals surface area contributed by atoms with Gasteiger partial charge in [0.25, 0.3) is 0 Å². The van der Waals surface area contributed by atoms with Gasteiger partial charge >= 0.3 is 0 Å². The molecule has 0 saturated heterocycles. The highest BCUT2D eigenvalue weighted by Gasteiger charge is 2.41. The Labute approximate surface area is 89.3 Å². The second kappa shape index (κ2) is 4.03. The Morgan fingerprint density at radius 2 is 2.47 bits per heavy atom. The number of nitriles is 1. The molecule has 0 spiro atoms. The number of hydrogen-bond acceptors (Lipinski definition) is 4. The topological polar surface area (TPSA) is 61.9 Å². The van der Waals surface area contributed by atoms with E-state index >= 15 is 0 Å². The van der Waals surface area contributed by atoms with Gasteiger partial charge in [0.2, 0.25) is 5.89 Å². The van der Waals surface area contributed by atoms with Gasteiger partial charge in [-0.1, -0.05) is 0 Å². The standard InChI is InChI=1S/C11H15N3O/c1-9-6-14-10(15-9)7-13-8-11(2-3-11)4-5-12/h6,13H,2-4,7-8H2,1H3. The van der Waals surface area contributed by atoms with Crippen LogP contribution in [0.4, 0.5) is 0 Å². The second-order valence-corrected chi connectivity index (χ2v) is 4.30. The van der Waals surface area contributed by atoms with Crippen LogP contribution in [0, 0.1) is 23.7 Å². The summed E-state index contributed by atoms with van der Waals surface area (Å²) in [5.41, 5.74) is 0.246. The number of rotatable bonds is 5. The number of nitrogens with zero attached hydrogens (tertiary/aromatic N) is 2. The van der Waals surface area contributed by atoms with Gasteiger partial charge in [-0.05, 0) is 25.2 Å². The summed E-state index contributed by atoms with van der Waals surface area (Å²) in [4.78, 5) is 4.11. The van der Waals surface area contributed by atoms with Crippen LogP contribution in [0.1, 0.15) is 30.9 Å². The molecule has 1 aliphatic carbocycles. The largest absolute Gasteiger partial charge is 0.445 e. The summed E-state index contributed by atoms with van der Waals surface area (Å²) in [6, 6.07) is 2.24. The Kier molecular flexibility index (Phi) is 2.74. The van der Waals surface area contributed by atoms with Crippen molar-refractivity contribution < 1.29 is 4.42 Å². The third-order valence-electron chi connectivity index (χ3n) is 2.86. The zero-order valence-electron chi connectivity index (χ0n) is 8.92. The van der Waals surface area contributed by atoms with E-state index in [0.717, 1.165) is 31.0 Å². The summed E-state index contributed by atoms with van der Waals surface area (Å²) in [5.74, 6) is 1.56. The second-order valence-electron chi connectivity index (χ2n) is 4.30. The molecular formula is C11H15N3O. The zero-order chi connectivity index (χ0) is 10.7. The van der Waals surface area contributed by atoms with Crippen molar-refractivity contribution in [2.75, 3.05) is 6.54 Å². The van der Waals surface area contributed by atoms with Crippen LogP contribution in [0.25, 0.3) is 0 Å². The fraction of sp³-hybridized carbons (Fsp3) is 0.636. The Balaban J connectivity index is 1.74. The Hall–Kier alpha value is -1.34. The summed E-state index contributed by atoms with van der Waals surface area (Å²) < 4.78 is 5.34. The van der Waals surface area contributed by atoms with E-state index in [1.54, 1.807) is 6.20 Å². The maximum Gasteiger partial charge on any atom is 0.208 e. The molecule has 4 nitrogen and oxygen atoms in total. The van der Waals surface area contributed by atoms with Crippen LogP contribution < -0.4 is 5.32 Å². The van der Waals surface area contributed by atoms with Gasteiger partial charge in [-0.25, -0.2) is 4.98 Å². The molecule has 1 heterocycles. The summed E-state index contributed by atoms with van der Waals surface area (Å²) in [7, 11) is 0. The van der Waals surface area contributed by atoms with Crippen LogP contribution in [0.5, 0.6) is 0 Å². The van der Waals surface area contributed by atoms with Gasteiger partial charge in [-0.15, -0.1) is 0 Å². The Morgan fingerprint density at radius 3 is 3.00 bits per heavy atom. The molecule has 2 rings (SSSR count). The lowest BCUT2D eigenvalue weighted by atomic mass is 10.0. The molecule has 0 atom stereocenters. The lowest BCUT2D eigenvalue weighted by molar-refractivity contribution is 0.414. The van der Waals surface area contributed by atoms with Crippen molar-refractivity contribution in [3.8, 4) is 6.07 Å². The van der Waals surface area contributed by atoms with E-state index in [2.05, 4.69) is 16.4 Å². The zero-order valence-corrected chi connectivity index (χ0v) is 8.92. The Morgan fingerprint density at radius 1 is 1.67 bits per heavy atom.